The van der Waals surface area contributed by atoms with Crippen LogP contribution >= 0.6 is 0 Å². The Morgan fingerprint density at radius 2 is 2.09 bits per heavy atom. The van der Waals surface area contributed by atoms with E-state index in [2.05, 4.69) is 4.98 Å². The number of amides is 1. The summed E-state index contributed by atoms with van der Waals surface area (Å²) in [6.07, 6.45) is 6.72. The zero-order valence-corrected chi connectivity index (χ0v) is 13.5. The van der Waals surface area contributed by atoms with Crippen LogP contribution < -0.4 is 9.47 Å². The van der Waals surface area contributed by atoms with E-state index in [1.54, 1.807) is 50.7 Å². The van der Waals surface area contributed by atoms with Crippen LogP contribution in [0.5, 0.6) is 11.5 Å². The van der Waals surface area contributed by atoms with Crippen molar-refractivity contribution in [3.63, 3.8) is 0 Å². The van der Waals surface area contributed by atoms with Gasteiger partial charge in [-0.2, -0.15) is 0 Å². The van der Waals surface area contributed by atoms with E-state index in [0.29, 0.717) is 18.0 Å². The molecule has 2 rings (SSSR count). The van der Waals surface area contributed by atoms with Gasteiger partial charge in [0.05, 0.1) is 14.2 Å². The van der Waals surface area contributed by atoms with E-state index in [-0.39, 0.29) is 5.91 Å². The number of rotatable bonds is 6. The van der Waals surface area contributed by atoms with Gasteiger partial charge in [0.2, 0.25) is 5.91 Å². The molecule has 0 aliphatic heterocycles. The van der Waals surface area contributed by atoms with Crippen LogP contribution in [0.15, 0.2) is 48.8 Å². The smallest absolute Gasteiger partial charge is 0.246 e. The molecule has 120 valence electrons. The van der Waals surface area contributed by atoms with Gasteiger partial charge >= 0.3 is 0 Å². The van der Waals surface area contributed by atoms with Crippen LogP contribution in [0.2, 0.25) is 0 Å². The molecule has 1 amide bonds. The number of carbonyl (C=O) groups is 1. The van der Waals surface area contributed by atoms with Gasteiger partial charge in [-0.3, -0.25) is 9.78 Å². The maximum atomic E-state index is 12.2. The van der Waals surface area contributed by atoms with Crippen molar-refractivity contribution in [2.45, 2.75) is 6.54 Å². The molecule has 0 saturated heterocycles. The van der Waals surface area contributed by atoms with E-state index in [9.17, 15) is 4.79 Å². The highest BCUT2D eigenvalue weighted by Crippen LogP contribution is 2.25. The molecule has 5 nitrogen and oxygen atoms in total. The lowest BCUT2D eigenvalue weighted by Crippen LogP contribution is -2.24. The lowest BCUT2D eigenvalue weighted by Gasteiger charge is -2.15. The van der Waals surface area contributed by atoms with Crippen molar-refractivity contribution in [2.24, 2.45) is 0 Å². The fraction of sp³-hybridized carbons (Fsp3) is 0.222. The van der Waals surface area contributed by atoms with Crippen molar-refractivity contribution in [2.75, 3.05) is 21.3 Å². The number of ether oxygens (including phenoxy) is 2. The Labute approximate surface area is 136 Å². The minimum atomic E-state index is -0.0910. The maximum Gasteiger partial charge on any atom is 0.246 e. The second-order valence-electron chi connectivity index (χ2n) is 5.00. The first-order valence-corrected chi connectivity index (χ1v) is 7.18. The lowest BCUT2D eigenvalue weighted by molar-refractivity contribution is -0.125. The van der Waals surface area contributed by atoms with Crippen LogP contribution in [0.4, 0.5) is 0 Å². The van der Waals surface area contributed by atoms with E-state index < -0.39 is 0 Å². The summed E-state index contributed by atoms with van der Waals surface area (Å²) in [6, 6.07) is 9.25. The van der Waals surface area contributed by atoms with Gasteiger partial charge in [0.15, 0.2) is 0 Å². The fourth-order valence-corrected chi connectivity index (χ4v) is 2.09. The van der Waals surface area contributed by atoms with Crippen LogP contribution in [0.1, 0.15) is 11.1 Å². The van der Waals surface area contributed by atoms with E-state index >= 15 is 0 Å². The minimum absolute atomic E-state index is 0.0910. The molecule has 0 fully saturated rings. The number of benzene rings is 1. The van der Waals surface area contributed by atoms with Gasteiger partial charge in [-0.25, -0.2) is 0 Å². The summed E-state index contributed by atoms with van der Waals surface area (Å²) in [5.41, 5.74) is 1.80. The summed E-state index contributed by atoms with van der Waals surface area (Å²) in [5.74, 6) is 1.27. The highest BCUT2D eigenvalue weighted by molar-refractivity contribution is 5.92. The van der Waals surface area contributed by atoms with Crippen molar-refractivity contribution in [1.82, 2.24) is 9.88 Å². The first-order valence-electron chi connectivity index (χ1n) is 7.18. The molecule has 0 atom stereocenters. The van der Waals surface area contributed by atoms with E-state index in [1.165, 1.54) is 6.08 Å². The quantitative estimate of drug-likeness (QED) is 0.770. The molecule has 2 aromatic rings. The number of methoxy groups -OCH3 is 2. The van der Waals surface area contributed by atoms with Crippen LogP contribution in [0.25, 0.3) is 6.08 Å². The molecule has 1 aromatic heterocycles. The van der Waals surface area contributed by atoms with Gasteiger partial charge in [-0.15, -0.1) is 0 Å². The number of hydrogen-bond acceptors (Lipinski definition) is 4. The highest BCUT2D eigenvalue weighted by Gasteiger charge is 2.07. The number of hydrogen-bond donors (Lipinski definition) is 0. The third-order valence-corrected chi connectivity index (χ3v) is 3.36. The first kappa shape index (κ1) is 16.5. The molecule has 0 N–H and O–H groups in total. The SMILES string of the molecule is COc1ccc(/C=C/C(=O)N(C)Cc2cccnc2)c(OC)c1. The zero-order valence-electron chi connectivity index (χ0n) is 13.5. The molecule has 5 heteroatoms. The Morgan fingerprint density at radius 3 is 2.74 bits per heavy atom. The minimum Gasteiger partial charge on any atom is -0.497 e. The summed E-state index contributed by atoms with van der Waals surface area (Å²) < 4.78 is 10.5. The molecule has 0 spiro atoms. The third kappa shape index (κ3) is 4.57. The van der Waals surface area contributed by atoms with Crippen molar-refractivity contribution in [1.29, 1.82) is 0 Å². The monoisotopic (exact) mass is 312 g/mol. The molecular weight excluding hydrogens is 292 g/mol. The number of likely N-dealkylation sites (N-methyl/N-ethyl adjacent to an activating group) is 1. The average molecular weight is 312 g/mol. The first-order chi connectivity index (χ1) is 11.1. The lowest BCUT2D eigenvalue weighted by atomic mass is 10.1. The molecule has 1 heterocycles. The van der Waals surface area contributed by atoms with E-state index in [1.807, 2.05) is 24.3 Å². The van der Waals surface area contributed by atoms with Crippen LogP contribution in [0, 0.1) is 0 Å². The Bertz CT molecular complexity index is 684. The third-order valence-electron chi connectivity index (χ3n) is 3.36. The number of carbonyl (C=O) groups excluding carboxylic acids is 1. The summed E-state index contributed by atoms with van der Waals surface area (Å²) in [7, 11) is 4.94. The van der Waals surface area contributed by atoms with Gasteiger partial charge in [0.1, 0.15) is 11.5 Å². The van der Waals surface area contributed by atoms with Gasteiger partial charge in [-0.05, 0) is 29.8 Å². The standard InChI is InChI=1S/C18H20N2O3/c1-20(13-14-5-4-10-19-12-14)18(21)9-7-15-6-8-16(22-2)11-17(15)23-3/h4-12H,13H2,1-3H3/b9-7+. The topological polar surface area (TPSA) is 51.7 Å². The molecule has 0 saturated carbocycles. The molecule has 0 aliphatic carbocycles. The van der Waals surface area contributed by atoms with Crippen LogP contribution in [0.3, 0.4) is 0 Å². The average Bonchev–Trinajstić information content (AvgIpc) is 2.60. The fourth-order valence-electron chi connectivity index (χ4n) is 2.09. The van der Waals surface area contributed by atoms with E-state index in [0.717, 1.165) is 11.1 Å². The predicted molar refractivity (Wildman–Crippen MR) is 89.3 cm³/mol. The summed E-state index contributed by atoms with van der Waals surface area (Å²) in [4.78, 5) is 17.9. The molecule has 0 radical (unpaired) electrons. The Hall–Kier alpha value is -2.82. The molecule has 0 unspecified atom stereocenters. The largest absolute Gasteiger partial charge is 0.497 e. The van der Waals surface area contributed by atoms with Crippen LogP contribution in [-0.2, 0) is 11.3 Å². The zero-order chi connectivity index (χ0) is 16.7. The van der Waals surface area contributed by atoms with Crippen LogP contribution in [-0.4, -0.2) is 37.1 Å². The van der Waals surface area contributed by atoms with Gasteiger partial charge in [-0.1, -0.05) is 6.07 Å². The van der Waals surface area contributed by atoms with Crippen molar-refractivity contribution >= 4 is 12.0 Å². The molecule has 23 heavy (non-hydrogen) atoms. The molecule has 1 aromatic carbocycles. The highest BCUT2D eigenvalue weighted by atomic mass is 16.5. The van der Waals surface area contributed by atoms with Gasteiger partial charge in [0.25, 0.3) is 0 Å². The normalized spacial score (nSPS) is 10.6. The van der Waals surface area contributed by atoms with E-state index in [4.69, 9.17) is 9.47 Å². The Morgan fingerprint density at radius 1 is 1.26 bits per heavy atom. The Balaban J connectivity index is 2.05. The summed E-state index contributed by atoms with van der Waals surface area (Å²) in [6.45, 7) is 0.511. The second-order valence-corrected chi connectivity index (χ2v) is 5.00. The van der Waals surface area contributed by atoms with Crippen molar-refractivity contribution < 1.29 is 14.3 Å². The predicted octanol–water partition coefficient (Wildman–Crippen LogP) is 2.77. The number of pyridine rings is 1. The molecule has 0 aliphatic rings. The number of aromatic nitrogens is 1. The molecule has 0 bridgehead atoms. The maximum absolute atomic E-state index is 12.2. The van der Waals surface area contributed by atoms with Crippen molar-refractivity contribution in [3.05, 3.63) is 59.9 Å². The van der Waals surface area contributed by atoms with Gasteiger partial charge < -0.3 is 14.4 Å². The summed E-state index contributed by atoms with van der Waals surface area (Å²) >= 11 is 0. The number of nitrogens with zero attached hydrogens (tertiary/aromatic N) is 2. The Kier molecular flexibility index (Phi) is 5.74. The van der Waals surface area contributed by atoms with Crippen molar-refractivity contribution in [3.8, 4) is 11.5 Å². The molecular formula is C18H20N2O3. The summed E-state index contributed by atoms with van der Waals surface area (Å²) in [5, 5.41) is 0. The van der Waals surface area contributed by atoms with Gasteiger partial charge in [0, 0.05) is 43.7 Å². The second kappa shape index (κ2) is 7.98.